The lowest BCUT2D eigenvalue weighted by molar-refractivity contribution is 0.392. The van der Waals surface area contributed by atoms with Gasteiger partial charge in [-0.15, -0.1) is 5.10 Å². The molecule has 0 amide bonds. The number of hydrogen-bond donors (Lipinski definition) is 1. The van der Waals surface area contributed by atoms with Crippen LogP contribution >= 0.6 is 0 Å². The number of nitrogens with two attached hydrogens (primary N) is 1. The summed E-state index contributed by atoms with van der Waals surface area (Å²) >= 11 is 0. The molecule has 20 heavy (non-hydrogen) atoms. The Morgan fingerprint density at radius 1 is 1.40 bits per heavy atom. The van der Waals surface area contributed by atoms with Gasteiger partial charge in [0, 0.05) is 5.41 Å². The van der Waals surface area contributed by atoms with Gasteiger partial charge in [0.15, 0.2) is 5.89 Å². The minimum absolute atomic E-state index is 0.0452. The average Bonchev–Trinajstić information content (AvgIpc) is 2.98. The van der Waals surface area contributed by atoms with Gasteiger partial charge < -0.3 is 10.2 Å². The predicted molar refractivity (Wildman–Crippen MR) is 76.2 cm³/mol. The first kappa shape index (κ1) is 14.7. The van der Waals surface area contributed by atoms with E-state index in [0.29, 0.717) is 6.54 Å². The second-order valence-electron chi connectivity index (χ2n) is 6.13. The monoisotopic (exact) mass is 277 g/mol. The van der Waals surface area contributed by atoms with E-state index in [-0.39, 0.29) is 11.5 Å². The van der Waals surface area contributed by atoms with Gasteiger partial charge in [0.25, 0.3) is 0 Å². The Morgan fingerprint density at radius 3 is 2.75 bits per heavy atom. The van der Waals surface area contributed by atoms with Gasteiger partial charge in [0.1, 0.15) is 12.0 Å². The molecule has 2 rings (SSSR count). The maximum absolute atomic E-state index is 6.02. The molecule has 6 heteroatoms. The zero-order valence-electron chi connectivity index (χ0n) is 12.6. The van der Waals surface area contributed by atoms with Crippen molar-refractivity contribution in [3.63, 3.8) is 0 Å². The van der Waals surface area contributed by atoms with Crippen LogP contribution in [0.3, 0.4) is 0 Å². The Hall–Kier alpha value is -1.69. The molecule has 0 bridgehead atoms. The second-order valence-corrected chi connectivity index (χ2v) is 6.13. The number of oxazole rings is 1. The van der Waals surface area contributed by atoms with Gasteiger partial charge in [-0.2, -0.15) is 0 Å². The summed E-state index contributed by atoms with van der Waals surface area (Å²) in [7, 11) is 0. The van der Waals surface area contributed by atoms with E-state index in [1.54, 1.807) is 10.9 Å². The largest absolute Gasteiger partial charge is 0.448 e. The zero-order chi connectivity index (χ0) is 14.8. The second kappa shape index (κ2) is 5.75. The molecule has 2 N–H and O–H groups in total. The molecular weight excluding hydrogens is 254 g/mol. The summed E-state index contributed by atoms with van der Waals surface area (Å²) in [6.45, 7) is 8.86. The summed E-state index contributed by atoms with van der Waals surface area (Å²) < 4.78 is 7.24. The molecule has 2 aromatic rings. The summed E-state index contributed by atoms with van der Waals surface area (Å²) in [5, 5.41) is 8.21. The topological polar surface area (TPSA) is 82.8 Å². The first-order valence-corrected chi connectivity index (χ1v) is 7.00. The van der Waals surface area contributed by atoms with Crippen LogP contribution in [0.1, 0.15) is 63.9 Å². The van der Waals surface area contributed by atoms with E-state index in [2.05, 4.69) is 43.0 Å². The molecule has 2 aromatic heterocycles. The average molecular weight is 277 g/mol. The van der Waals surface area contributed by atoms with Crippen LogP contribution in [0.2, 0.25) is 0 Å². The molecule has 0 spiro atoms. The highest BCUT2D eigenvalue weighted by Gasteiger charge is 2.20. The standard InChI is InChI=1S/C14H23N5O/c1-5-6-11(15)12-8-19(18-17-12)7-10-9-20-13(16-10)14(2,3)4/h8-9,11H,5-7,15H2,1-4H3. The Labute approximate surface area is 119 Å². The molecule has 6 nitrogen and oxygen atoms in total. The van der Waals surface area contributed by atoms with E-state index < -0.39 is 0 Å². The third-order valence-corrected chi connectivity index (χ3v) is 3.05. The Kier molecular flexibility index (Phi) is 4.23. The molecule has 0 aliphatic heterocycles. The highest BCUT2D eigenvalue weighted by atomic mass is 16.3. The van der Waals surface area contributed by atoms with Gasteiger partial charge >= 0.3 is 0 Å². The molecule has 0 aliphatic rings. The molecule has 0 radical (unpaired) electrons. The number of aromatic nitrogens is 4. The molecule has 2 heterocycles. The quantitative estimate of drug-likeness (QED) is 0.907. The maximum atomic E-state index is 6.02. The van der Waals surface area contributed by atoms with E-state index >= 15 is 0 Å². The molecule has 0 saturated heterocycles. The number of rotatable bonds is 5. The van der Waals surface area contributed by atoms with Crippen LogP contribution < -0.4 is 5.73 Å². The summed E-state index contributed by atoms with van der Waals surface area (Å²) in [6.07, 6.45) is 5.50. The minimum Gasteiger partial charge on any atom is -0.448 e. The lowest BCUT2D eigenvalue weighted by atomic mass is 9.97. The van der Waals surface area contributed by atoms with Gasteiger partial charge in [-0.3, -0.25) is 0 Å². The van der Waals surface area contributed by atoms with Crippen LogP contribution in [0.5, 0.6) is 0 Å². The number of nitrogens with zero attached hydrogens (tertiary/aromatic N) is 4. The molecule has 0 fully saturated rings. The normalized spacial score (nSPS) is 13.7. The van der Waals surface area contributed by atoms with Crippen molar-refractivity contribution >= 4 is 0 Å². The van der Waals surface area contributed by atoms with Gasteiger partial charge in [0.2, 0.25) is 0 Å². The summed E-state index contributed by atoms with van der Waals surface area (Å²) in [4.78, 5) is 4.48. The molecular formula is C14H23N5O. The molecule has 1 atom stereocenters. The predicted octanol–water partition coefficient (Wildman–Crippen LogP) is 2.41. The summed E-state index contributed by atoms with van der Waals surface area (Å²) in [6, 6.07) is -0.0452. The van der Waals surface area contributed by atoms with Crippen LogP contribution in [0.15, 0.2) is 16.9 Å². The highest BCUT2D eigenvalue weighted by molar-refractivity contribution is 5.05. The fourth-order valence-electron chi connectivity index (χ4n) is 1.91. The van der Waals surface area contributed by atoms with E-state index in [1.165, 1.54) is 0 Å². The van der Waals surface area contributed by atoms with Gasteiger partial charge in [-0.1, -0.05) is 39.3 Å². The Balaban J connectivity index is 2.05. The third-order valence-electron chi connectivity index (χ3n) is 3.05. The summed E-state index contributed by atoms with van der Waals surface area (Å²) in [5.74, 6) is 0.732. The van der Waals surface area contributed by atoms with Crippen molar-refractivity contribution in [1.82, 2.24) is 20.0 Å². The fraction of sp³-hybridized carbons (Fsp3) is 0.643. The first-order valence-electron chi connectivity index (χ1n) is 7.00. The van der Waals surface area contributed by atoms with E-state index in [9.17, 15) is 0 Å². The van der Waals surface area contributed by atoms with Crippen molar-refractivity contribution in [2.45, 2.75) is 58.5 Å². The van der Waals surface area contributed by atoms with E-state index in [0.717, 1.165) is 30.1 Å². The van der Waals surface area contributed by atoms with Crippen molar-refractivity contribution in [2.75, 3.05) is 0 Å². The minimum atomic E-state index is -0.0880. The molecule has 0 aromatic carbocycles. The smallest absolute Gasteiger partial charge is 0.199 e. The molecule has 0 aliphatic carbocycles. The van der Waals surface area contributed by atoms with Crippen molar-refractivity contribution in [3.05, 3.63) is 29.7 Å². The summed E-state index contributed by atoms with van der Waals surface area (Å²) in [5.41, 5.74) is 7.60. The first-order chi connectivity index (χ1) is 9.40. The zero-order valence-corrected chi connectivity index (χ0v) is 12.6. The lowest BCUT2D eigenvalue weighted by Gasteiger charge is -2.11. The third kappa shape index (κ3) is 3.45. The van der Waals surface area contributed by atoms with Crippen LogP contribution in [0.4, 0.5) is 0 Å². The molecule has 0 saturated carbocycles. The van der Waals surface area contributed by atoms with Crippen LogP contribution in [-0.2, 0) is 12.0 Å². The van der Waals surface area contributed by atoms with Crippen LogP contribution in [-0.4, -0.2) is 20.0 Å². The van der Waals surface area contributed by atoms with Gasteiger partial charge in [-0.05, 0) is 6.42 Å². The van der Waals surface area contributed by atoms with Gasteiger partial charge in [0.05, 0.1) is 24.5 Å². The maximum Gasteiger partial charge on any atom is 0.199 e. The van der Waals surface area contributed by atoms with E-state index in [4.69, 9.17) is 10.2 Å². The van der Waals surface area contributed by atoms with Crippen molar-refractivity contribution < 1.29 is 4.42 Å². The van der Waals surface area contributed by atoms with Crippen molar-refractivity contribution in [3.8, 4) is 0 Å². The van der Waals surface area contributed by atoms with Crippen molar-refractivity contribution in [2.24, 2.45) is 5.73 Å². The lowest BCUT2D eigenvalue weighted by Crippen LogP contribution is -2.12. The van der Waals surface area contributed by atoms with Crippen LogP contribution in [0.25, 0.3) is 0 Å². The SMILES string of the molecule is CCCC(N)c1cn(Cc2coc(C(C)(C)C)n2)nn1. The molecule has 1 unspecified atom stereocenters. The van der Waals surface area contributed by atoms with Crippen molar-refractivity contribution in [1.29, 1.82) is 0 Å². The van der Waals surface area contributed by atoms with Crippen LogP contribution in [0, 0.1) is 0 Å². The molecule has 110 valence electrons. The Morgan fingerprint density at radius 2 is 2.15 bits per heavy atom. The highest BCUT2D eigenvalue weighted by Crippen LogP contribution is 2.21. The van der Waals surface area contributed by atoms with Gasteiger partial charge in [-0.25, -0.2) is 9.67 Å². The Bertz CT molecular complexity index is 552. The fourth-order valence-corrected chi connectivity index (χ4v) is 1.91. The van der Waals surface area contributed by atoms with E-state index in [1.807, 2.05) is 6.20 Å². The number of hydrogen-bond acceptors (Lipinski definition) is 5.